The van der Waals surface area contributed by atoms with Gasteiger partial charge in [-0.1, -0.05) is 26.0 Å². The third kappa shape index (κ3) is 4.71. The van der Waals surface area contributed by atoms with Crippen LogP contribution in [0.2, 0.25) is 0 Å². The van der Waals surface area contributed by atoms with E-state index in [0.29, 0.717) is 17.6 Å². The van der Waals surface area contributed by atoms with Crippen molar-refractivity contribution in [2.24, 2.45) is 5.92 Å². The smallest absolute Gasteiger partial charge is 0.273 e. The molecule has 1 aliphatic rings. The molecule has 2 aromatic rings. The van der Waals surface area contributed by atoms with Crippen molar-refractivity contribution < 1.29 is 14.5 Å². The summed E-state index contributed by atoms with van der Waals surface area (Å²) in [4.78, 5) is 25.3. The average Bonchev–Trinajstić information content (AvgIpc) is 3.16. The molecular weight excluding hydrogens is 384 g/mol. The van der Waals surface area contributed by atoms with Crippen LogP contribution >= 0.6 is 0 Å². The first-order chi connectivity index (χ1) is 14.3. The first-order valence-electron chi connectivity index (χ1n) is 10.0. The lowest BCUT2D eigenvalue weighted by molar-refractivity contribution is -0.384. The second-order valence-corrected chi connectivity index (χ2v) is 7.88. The zero-order chi connectivity index (χ0) is 21.8. The molecule has 0 saturated heterocycles. The second kappa shape index (κ2) is 9.13. The van der Waals surface area contributed by atoms with E-state index in [2.05, 4.69) is 42.4 Å². The van der Waals surface area contributed by atoms with Gasteiger partial charge in [0.15, 0.2) is 0 Å². The molecule has 8 heteroatoms. The monoisotopic (exact) mass is 412 g/mol. The number of non-ortho nitro benzene ring substituents is 1. The number of hydrogen-bond donors (Lipinski definition) is 2. The maximum Gasteiger partial charge on any atom is 0.273 e. The number of nitrogens with one attached hydrogen (secondary N) is 2. The molecule has 1 unspecified atom stereocenters. The third-order valence-electron chi connectivity index (χ3n) is 5.66. The highest BCUT2D eigenvalue weighted by atomic mass is 16.6. The second-order valence-electron chi connectivity index (χ2n) is 7.88. The Kier molecular flexibility index (Phi) is 6.56. The van der Waals surface area contributed by atoms with E-state index in [0.717, 1.165) is 18.8 Å². The van der Waals surface area contributed by atoms with Crippen LogP contribution in [0.4, 0.5) is 17.1 Å². The molecule has 160 valence electrons. The highest BCUT2D eigenvalue weighted by molar-refractivity contribution is 5.95. The number of nitro benzene ring substituents is 1. The van der Waals surface area contributed by atoms with Gasteiger partial charge in [-0.2, -0.15) is 0 Å². The minimum absolute atomic E-state index is 0.0797. The molecule has 0 fully saturated rings. The molecule has 0 saturated carbocycles. The van der Waals surface area contributed by atoms with Gasteiger partial charge < -0.3 is 15.4 Å². The average molecular weight is 412 g/mol. The Morgan fingerprint density at radius 3 is 2.63 bits per heavy atom. The number of hydrogen-bond acceptors (Lipinski definition) is 6. The van der Waals surface area contributed by atoms with Crippen LogP contribution in [0.15, 0.2) is 36.4 Å². The van der Waals surface area contributed by atoms with E-state index in [1.807, 2.05) is 12.1 Å². The molecule has 1 aliphatic heterocycles. The van der Waals surface area contributed by atoms with E-state index in [4.69, 9.17) is 4.74 Å². The topological polar surface area (TPSA) is 96.7 Å². The molecule has 3 rings (SSSR count). The van der Waals surface area contributed by atoms with E-state index in [-0.39, 0.29) is 23.9 Å². The lowest BCUT2D eigenvalue weighted by Gasteiger charge is -2.27. The predicted molar refractivity (Wildman–Crippen MR) is 117 cm³/mol. The lowest BCUT2D eigenvalue weighted by Crippen LogP contribution is -2.32. The van der Waals surface area contributed by atoms with E-state index < -0.39 is 4.92 Å². The van der Waals surface area contributed by atoms with Gasteiger partial charge in [-0.3, -0.25) is 19.8 Å². The van der Waals surface area contributed by atoms with Crippen LogP contribution in [0.1, 0.15) is 31.9 Å². The minimum Gasteiger partial charge on any atom is -0.494 e. The normalized spacial score (nSPS) is 14.3. The van der Waals surface area contributed by atoms with Gasteiger partial charge in [0.1, 0.15) is 5.75 Å². The number of carbonyl (C=O) groups excluding carboxylic acids is 1. The Balaban J connectivity index is 1.65. The van der Waals surface area contributed by atoms with Crippen LogP contribution < -0.4 is 15.4 Å². The van der Waals surface area contributed by atoms with Crippen molar-refractivity contribution in [3.05, 3.63) is 57.6 Å². The van der Waals surface area contributed by atoms with Crippen molar-refractivity contribution in [1.82, 2.24) is 4.90 Å². The summed E-state index contributed by atoms with van der Waals surface area (Å²) in [6, 6.07) is 10.7. The molecular formula is C22H28N4O4. The third-order valence-corrected chi connectivity index (χ3v) is 5.66. The maximum atomic E-state index is 12.5. The number of rotatable bonds is 8. The van der Waals surface area contributed by atoms with Crippen LogP contribution in [0.5, 0.6) is 5.75 Å². The Morgan fingerprint density at radius 1 is 1.20 bits per heavy atom. The number of amides is 1. The molecule has 0 bridgehead atoms. The number of carbonyl (C=O) groups is 1. The summed E-state index contributed by atoms with van der Waals surface area (Å²) >= 11 is 0. The van der Waals surface area contributed by atoms with E-state index in [1.54, 1.807) is 0 Å². The van der Waals surface area contributed by atoms with Crippen LogP contribution in [-0.4, -0.2) is 35.4 Å². The van der Waals surface area contributed by atoms with Crippen molar-refractivity contribution >= 4 is 23.0 Å². The van der Waals surface area contributed by atoms with Crippen molar-refractivity contribution in [1.29, 1.82) is 0 Å². The lowest BCUT2D eigenvalue weighted by atomic mass is 10.1. The standard InChI is InChI=1S/C22H28N4O4/c1-14(2)15(3)25-12-16-6-5-7-19(18(16)13-25)23-11-22(27)24-20-9-8-17(26(28)29)10-21(20)30-4/h5-10,14-15,23H,11-13H2,1-4H3,(H,24,27). The Hall–Kier alpha value is -3.13. The van der Waals surface area contributed by atoms with Crippen molar-refractivity contribution in [2.75, 3.05) is 24.3 Å². The van der Waals surface area contributed by atoms with Gasteiger partial charge in [0.25, 0.3) is 5.69 Å². The molecule has 0 spiro atoms. The summed E-state index contributed by atoms with van der Waals surface area (Å²) in [6.45, 7) is 8.55. The molecule has 0 aromatic heterocycles. The van der Waals surface area contributed by atoms with Crippen LogP contribution in [0, 0.1) is 16.0 Å². The summed E-state index contributed by atoms with van der Waals surface area (Å²) < 4.78 is 5.17. The van der Waals surface area contributed by atoms with E-state index >= 15 is 0 Å². The Morgan fingerprint density at radius 2 is 1.97 bits per heavy atom. The van der Waals surface area contributed by atoms with Crippen LogP contribution in [0.3, 0.4) is 0 Å². The number of benzene rings is 2. The molecule has 1 amide bonds. The molecule has 1 atom stereocenters. The number of nitro groups is 1. The van der Waals surface area contributed by atoms with Gasteiger partial charge in [0, 0.05) is 30.9 Å². The fourth-order valence-electron chi connectivity index (χ4n) is 3.59. The quantitative estimate of drug-likeness (QED) is 0.502. The van der Waals surface area contributed by atoms with Crippen molar-refractivity contribution in [3.8, 4) is 5.75 Å². The molecule has 1 heterocycles. The SMILES string of the molecule is COc1cc([N+](=O)[O-])ccc1NC(=O)CNc1cccc2c1CN(C(C)C(C)C)C2. The number of anilines is 2. The zero-order valence-electron chi connectivity index (χ0n) is 17.8. The highest BCUT2D eigenvalue weighted by Gasteiger charge is 2.26. The Bertz CT molecular complexity index is 945. The summed E-state index contributed by atoms with van der Waals surface area (Å²) in [5.41, 5.74) is 3.76. The molecule has 2 aromatic carbocycles. The molecule has 0 radical (unpaired) electrons. The molecule has 30 heavy (non-hydrogen) atoms. The summed E-state index contributed by atoms with van der Waals surface area (Å²) in [6.07, 6.45) is 0. The molecule has 2 N–H and O–H groups in total. The minimum atomic E-state index is -0.505. The van der Waals surface area contributed by atoms with Gasteiger partial charge in [-0.15, -0.1) is 0 Å². The fraction of sp³-hybridized carbons (Fsp3) is 0.409. The van der Waals surface area contributed by atoms with Crippen molar-refractivity contribution in [2.45, 2.75) is 39.9 Å². The van der Waals surface area contributed by atoms with Gasteiger partial charge in [-0.05, 0) is 36.1 Å². The first-order valence-corrected chi connectivity index (χ1v) is 10.0. The summed E-state index contributed by atoms with van der Waals surface area (Å²) in [5.74, 6) is 0.555. The maximum absolute atomic E-state index is 12.5. The van der Waals surface area contributed by atoms with Crippen LogP contribution in [0.25, 0.3) is 0 Å². The van der Waals surface area contributed by atoms with Gasteiger partial charge in [0.05, 0.1) is 30.3 Å². The number of methoxy groups -OCH3 is 1. The van der Waals surface area contributed by atoms with E-state index in [9.17, 15) is 14.9 Å². The summed E-state index contributed by atoms with van der Waals surface area (Å²) in [7, 11) is 1.41. The van der Waals surface area contributed by atoms with Gasteiger partial charge >= 0.3 is 0 Å². The van der Waals surface area contributed by atoms with Gasteiger partial charge in [0.2, 0.25) is 5.91 Å². The number of fused-ring (bicyclic) bond motifs is 1. The van der Waals surface area contributed by atoms with E-state index in [1.165, 1.54) is 36.4 Å². The summed E-state index contributed by atoms with van der Waals surface area (Å²) in [5, 5.41) is 16.9. The molecule has 0 aliphatic carbocycles. The number of ether oxygens (including phenoxy) is 1. The van der Waals surface area contributed by atoms with Gasteiger partial charge in [-0.25, -0.2) is 0 Å². The fourth-order valence-corrected chi connectivity index (χ4v) is 3.59. The van der Waals surface area contributed by atoms with Crippen LogP contribution in [-0.2, 0) is 17.9 Å². The number of nitrogens with zero attached hydrogens (tertiary/aromatic N) is 2. The first kappa shape index (κ1) is 21.6. The highest BCUT2D eigenvalue weighted by Crippen LogP contribution is 2.32. The largest absolute Gasteiger partial charge is 0.494 e. The molecule has 8 nitrogen and oxygen atoms in total. The Labute approximate surface area is 176 Å². The van der Waals surface area contributed by atoms with Crippen molar-refractivity contribution in [3.63, 3.8) is 0 Å². The predicted octanol–water partition coefficient (Wildman–Crippen LogP) is 4.01. The zero-order valence-corrected chi connectivity index (χ0v) is 17.8.